The summed E-state index contributed by atoms with van der Waals surface area (Å²) in [6.07, 6.45) is 5.84. The summed E-state index contributed by atoms with van der Waals surface area (Å²) >= 11 is 1.74. The molecule has 21 heavy (non-hydrogen) atoms. The maximum atomic E-state index is 12.5. The van der Waals surface area contributed by atoms with E-state index in [0.717, 1.165) is 12.5 Å². The van der Waals surface area contributed by atoms with E-state index < -0.39 is 0 Å². The maximum Gasteiger partial charge on any atom is 0.237 e. The van der Waals surface area contributed by atoms with Gasteiger partial charge in [-0.25, -0.2) is 0 Å². The predicted octanol–water partition coefficient (Wildman–Crippen LogP) is 2.97. The van der Waals surface area contributed by atoms with Gasteiger partial charge in [0, 0.05) is 4.90 Å². The Hall–Kier alpha value is -1.00. The summed E-state index contributed by atoms with van der Waals surface area (Å²) in [4.78, 5) is 13.8. The van der Waals surface area contributed by atoms with Gasteiger partial charge < -0.3 is 10.6 Å². The zero-order valence-corrected chi connectivity index (χ0v) is 13.6. The van der Waals surface area contributed by atoms with Crippen LogP contribution in [0.3, 0.4) is 0 Å². The van der Waals surface area contributed by atoms with Gasteiger partial charge in [-0.15, -0.1) is 11.8 Å². The van der Waals surface area contributed by atoms with E-state index >= 15 is 0 Å². The molecule has 1 heterocycles. The van der Waals surface area contributed by atoms with Gasteiger partial charge in [-0.3, -0.25) is 4.79 Å². The number of carbonyl (C=O) groups excluding carboxylic acids is 1. The van der Waals surface area contributed by atoms with Gasteiger partial charge >= 0.3 is 0 Å². The van der Waals surface area contributed by atoms with Crippen molar-refractivity contribution in [2.24, 2.45) is 11.8 Å². The van der Waals surface area contributed by atoms with E-state index in [0.29, 0.717) is 5.92 Å². The summed E-state index contributed by atoms with van der Waals surface area (Å²) in [6.45, 7) is 3.08. The molecular formula is C17H24N2OS. The molecule has 0 radical (unpaired) electrons. The molecule has 1 saturated heterocycles. The fourth-order valence-electron chi connectivity index (χ4n) is 3.75. The van der Waals surface area contributed by atoms with Gasteiger partial charge in [0.1, 0.15) is 0 Å². The van der Waals surface area contributed by atoms with Crippen molar-refractivity contribution < 1.29 is 4.79 Å². The molecule has 0 aromatic heterocycles. The Balaban J connectivity index is 1.61. The Morgan fingerprint density at radius 3 is 2.81 bits per heavy atom. The number of amides is 1. The van der Waals surface area contributed by atoms with Gasteiger partial charge in [-0.2, -0.15) is 0 Å². The molecule has 4 atom stereocenters. The van der Waals surface area contributed by atoms with E-state index in [1.165, 1.54) is 29.7 Å². The summed E-state index contributed by atoms with van der Waals surface area (Å²) in [6, 6.07) is 8.53. The molecule has 1 saturated carbocycles. The maximum absolute atomic E-state index is 12.5. The Kier molecular flexibility index (Phi) is 4.55. The summed E-state index contributed by atoms with van der Waals surface area (Å²) < 4.78 is 0. The van der Waals surface area contributed by atoms with Crippen LogP contribution in [0.5, 0.6) is 0 Å². The molecule has 3 rings (SSSR count). The number of nitrogens with one attached hydrogen (secondary N) is 2. The Morgan fingerprint density at radius 2 is 2.10 bits per heavy atom. The van der Waals surface area contributed by atoms with Crippen molar-refractivity contribution in [1.29, 1.82) is 0 Å². The molecule has 0 bridgehead atoms. The first-order valence-corrected chi connectivity index (χ1v) is 9.09. The van der Waals surface area contributed by atoms with Crippen LogP contribution in [0.15, 0.2) is 29.2 Å². The van der Waals surface area contributed by atoms with Gasteiger partial charge in [0.05, 0.1) is 12.1 Å². The Labute approximate surface area is 131 Å². The number of fused-ring (bicyclic) bond motifs is 1. The molecule has 3 nitrogen and oxygen atoms in total. The SMILES string of the molecule is CSc1ccc(C(C)NC(=O)C2NCC3CCCC32)cc1. The molecule has 1 aromatic carbocycles. The van der Waals surface area contributed by atoms with Gasteiger partial charge in [-0.1, -0.05) is 18.6 Å². The normalized spacial score (nSPS) is 29.1. The van der Waals surface area contributed by atoms with E-state index in [4.69, 9.17) is 0 Å². The number of hydrogen-bond donors (Lipinski definition) is 2. The smallest absolute Gasteiger partial charge is 0.237 e. The molecule has 2 fully saturated rings. The highest BCUT2D eigenvalue weighted by atomic mass is 32.2. The van der Waals surface area contributed by atoms with Crippen LogP contribution < -0.4 is 10.6 Å². The van der Waals surface area contributed by atoms with Crippen LogP contribution in [0.25, 0.3) is 0 Å². The van der Waals surface area contributed by atoms with Crippen LogP contribution in [0.1, 0.15) is 37.8 Å². The van der Waals surface area contributed by atoms with Gasteiger partial charge in [-0.05, 0) is 62.1 Å². The van der Waals surface area contributed by atoms with Gasteiger partial charge in [0.2, 0.25) is 5.91 Å². The minimum Gasteiger partial charge on any atom is -0.348 e. The lowest BCUT2D eigenvalue weighted by molar-refractivity contribution is -0.124. The van der Waals surface area contributed by atoms with Gasteiger partial charge in [0.25, 0.3) is 0 Å². The third kappa shape index (κ3) is 3.11. The number of carbonyl (C=O) groups is 1. The molecule has 4 unspecified atom stereocenters. The summed E-state index contributed by atoms with van der Waals surface area (Å²) in [7, 11) is 0. The molecule has 114 valence electrons. The highest BCUT2D eigenvalue weighted by molar-refractivity contribution is 7.98. The van der Waals surface area contributed by atoms with Crippen LogP contribution in [0, 0.1) is 11.8 Å². The molecule has 2 N–H and O–H groups in total. The number of hydrogen-bond acceptors (Lipinski definition) is 3. The van der Waals surface area contributed by atoms with Crippen LogP contribution in [0.4, 0.5) is 0 Å². The molecule has 1 aromatic rings. The molecule has 4 heteroatoms. The lowest BCUT2D eigenvalue weighted by atomic mass is 9.93. The van der Waals surface area contributed by atoms with Crippen molar-refractivity contribution in [1.82, 2.24) is 10.6 Å². The Bertz CT molecular complexity index is 502. The molecule has 1 aliphatic carbocycles. The summed E-state index contributed by atoms with van der Waals surface area (Å²) in [5, 5.41) is 6.60. The number of thioether (sulfide) groups is 1. The average molecular weight is 304 g/mol. The zero-order valence-electron chi connectivity index (χ0n) is 12.8. The van der Waals surface area contributed by atoms with Crippen LogP contribution in [-0.2, 0) is 4.79 Å². The highest BCUT2D eigenvalue weighted by Gasteiger charge is 2.42. The number of benzene rings is 1. The van der Waals surface area contributed by atoms with Crippen molar-refractivity contribution >= 4 is 17.7 Å². The van der Waals surface area contributed by atoms with Crippen LogP contribution in [-0.4, -0.2) is 24.7 Å². The largest absolute Gasteiger partial charge is 0.348 e. The molecule has 0 spiro atoms. The minimum atomic E-state index is 0.0189. The second kappa shape index (κ2) is 6.41. The fourth-order valence-corrected chi connectivity index (χ4v) is 4.16. The van der Waals surface area contributed by atoms with Crippen LogP contribution in [0.2, 0.25) is 0 Å². The van der Waals surface area contributed by atoms with Gasteiger partial charge in [0.15, 0.2) is 0 Å². The molecular weight excluding hydrogens is 280 g/mol. The second-order valence-corrected chi connectivity index (χ2v) is 7.12. The minimum absolute atomic E-state index is 0.0189. The fraction of sp³-hybridized carbons (Fsp3) is 0.588. The second-order valence-electron chi connectivity index (χ2n) is 6.24. The first-order valence-electron chi connectivity index (χ1n) is 7.86. The zero-order chi connectivity index (χ0) is 14.8. The van der Waals surface area contributed by atoms with Crippen molar-refractivity contribution in [3.8, 4) is 0 Å². The van der Waals surface area contributed by atoms with Crippen molar-refractivity contribution in [3.63, 3.8) is 0 Å². The van der Waals surface area contributed by atoms with E-state index in [1.54, 1.807) is 11.8 Å². The van der Waals surface area contributed by atoms with Crippen molar-refractivity contribution in [2.75, 3.05) is 12.8 Å². The summed E-state index contributed by atoms with van der Waals surface area (Å²) in [5.74, 6) is 1.44. The Morgan fingerprint density at radius 1 is 1.33 bits per heavy atom. The van der Waals surface area contributed by atoms with E-state index in [2.05, 4.69) is 48.1 Å². The highest BCUT2D eigenvalue weighted by Crippen LogP contribution is 2.37. The van der Waals surface area contributed by atoms with E-state index in [1.807, 2.05) is 0 Å². The third-order valence-electron chi connectivity index (χ3n) is 5.00. The van der Waals surface area contributed by atoms with Crippen molar-refractivity contribution in [2.45, 2.75) is 43.2 Å². The topological polar surface area (TPSA) is 41.1 Å². The first-order chi connectivity index (χ1) is 10.2. The molecule has 1 amide bonds. The molecule has 1 aliphatic heterocycles. The average Bonchev–Trinajstić information content (AvgIpc) is 3.09. The summed E-state index contributed by atoms with van der Waals surface area (Å²) in [5.41, 5.74) is 1.17. The molecule has 2 aliphatic rings. The standard InChI is InChI=1S/C17H24N2OS/c1-11(12-6-8-14(21-2)9-7-12)19-17(20)16-15-5-3-4-13(15)10-18-16/h6-9,11,13,15-16,18H,3-5,10H2,1-2H3,(H,19,20). The quantitative estimate of drug-likeness (QED) is 0.840. The number of rotatable bonds is 4. The third-order valence-corrected chi connectivity index (χ3v) is 5.75. The van der Waals surface area contributed by atoms with Crippen LogP contribution >= 0.6 is 11.8 Å². The monoisotopic (exact) mass is 304 g/mol. The van der Waals surface area contributed by atoms with E-state index in [9.17, 15) is 4.79 Å². The van der Waals surface area contributed by atoms with Crippen molar-refractivity contribution in [3.05, 3.63) is 29.8 Å². The lowest BCUT2D eigenvalue weighted by Crippen LogP contribution is -2.44. The predicted molar refractivity (Wildman–Crippen MR) is 87.4 cm³/mol. The van der Waals surface area contributed by atoms with E-state index in [-0.39, 0.29) is 18.0 Å². The lowest BCUT2D eigenvalue weighted by Gasteiger charge is -2.21. The first kappa shape index (κ1) is 14.9.